The van der Waals surface area contributed by atoms with Crippen molar-refractivity contribution in [3.63, 3.8) is 0 Å². The molecule has 6 aromatic rings. The second kappa shape index (κ2) is 13.6. The molecule has 0 radical (unpaired) electrons. The average molecular weight is 733 g/mol. The van der Waals surface area contributed by atoms with E-state index in [-0.39, 0.29) is 23.7 Å². The van der Waals surface area contributed by atoms with Crippen LogP contribution in [0.1, 0.15) is 69.7 Å². The predicted molar refractivity (Wildman–Crippen MR) is 182 cm³/mol. The summed E-state index contributed by atoms with van der Waals surface area (Å²) in [5.74, 6) is -0.719. The van der Waals surface area contributed by atoms with Gasteiger partial charge in [0.15, 0.2) is 5.69 Å². The van der Waals surface area contributed by atoms with E-state index < -0.39 is 23.4 Å². The highest BCUT2D eigenvalue weighted by Crippen LogP contribution is 2.41. The summed E-state index contributed by atoms with van der Waals surface area (Å²) in [7, 11) is 0. The van der Waals surface area contributed by atoms with Crippen molar-refractivity contribution in [2.75, 3.05) is 0 Å². The average Bonchev–Trinajstić information content (AvgIpc) is 4.00. The van der Waals surface area contributed by atoms with E-state index in [1.807, 2.05) is 34.9 Å². The molecule has 260 valence electrons. The van der Waals surface area contributed by atoms with E-state index in [9.17, 15) is 18.8 Å². The van der Waals surface area contributed by atoms with E-state index in [2.05, 4.69) is 30.9 Å². The fourth-order valence-electron chi connectivity index (χ4n) is 5.52. The number of rotatable bonds is 9. The SMILES string of the molecule is Cc1nc(-c2c(Cl)c3cc(Cl)ccc3n2-c2ccc(CNC(=O)C3(NC(=O)c4ccnc(F)c4)CC3)cc2)no1.O=C(O)c1cc(C2CC2)on1. The number of amides is 2. The number of pyridine rings is 1. The number of hydrogen-bond donors (Lipinski definition) is 3. The number of carbonyl (C=O) groups excluding carboxylic acids is 2. The van der Waals surface area contributed by atoms with E-state index in [4.69, 9.17) is 37.4 Å². The van der Waals surface area contributed by atoms with Crippen molar-refractivity contribution in [3.8, 4) is 17.2 Å². The van der Waals surface area contributed by atoms with Crippen LogP contribution in [0.25, 0.3) is 28.1 Å². The lowest BCUT2D eigenvalue weighted by Gasteiger charge is -2.17. The number of nitrogens with one attached hydrogen (secondary N) is 2. The van der Waals surface area contributed by atoms with Gasteiger partial charge >= 0.3 is 5.97 Å². The molecule has 4 heterocycles. The number of fused-ring (bicyclic) bond motifs is 1. The Morgan fingerprint density at radius 2 is 1.78 bits per heavy atom. The van der Waals surface area contributed by atoms with Crippen molar-refractivity contribution in [2.45, 2.75) is 50.6 Å². The lowest BCUT2D eigenvalue weighted by atomic mass is 10.1. The molecule has 0 bridgehead atoms. The number of aryl methyl sites for hydroxylation is 1. The molecule has 0 atom stereocenters. The van der Waals surface area contributed by atoms with Crippen LogP contribution in [-0.4, -0.2) is 53.3 Å². The van der Waals surface area contributed by atoms with Crippen LogP contribution in [0.2, 0.25) is 10.0 Å². The highest BCUT2D eigenvalue weighted by Gasteiger charge is 2.51. The fraction of sp³-hybridized carbons (Fsp3) is 0.229. The zero-order chi connectivity index (χ0) is 35.9. The van der Waals surface area contributed by atoms with Gasteiger partial charge < -0.3 is 29.4 Å². The molecule has 2 aliphatic carbocycles. The summed E-state index contributed by atoms with van der Waals surface area (Å²) >= 11 is 13.0. The first-order valence-electron chi connectivity index (χ1n) is 15.8. The molecule has 0 aliphatic heterocycles. The molecule has 4 aromatic heterocycles. The lowest BCUT2D eigenvalue weighted by molar-refractivity contribution is -0.124. The van der Waals surface area contributed by atoms with Crippen molar-refractivity contribution < 1.29 is 32.9 Å². The minimum absolute atomic E-state index is 0.00639. The highest BCUT2D eigenvalue weighted by molar-refractivity contribution is 6.39. The second-order valence-electron chi connectivity index (χ2n) is 12.2. The largest absolute Gasteiger partial charge is 0.476 e. The Hall–Kier alpha value is -5.60. The standard InChI is InChI=1S/C28H21Cl2FN6O3.C7H7NO3/c1-15-34-25(36-40-15)24-23(30)20-13-18(29)4-7-21(20)37(24)19-5-2-16(3-6-19)14-33-27(39)28(9-10-28)35-26(38)17-8-11-32-22(31)12-17;9-7(10)5-3-6(11-8-5)4-1-2-4/h2-8,11-13H,9-10,14H2,1H3,(H,33,39)(H,35,38);3-4H,1-2H2,(H,9,10). The molecule has 16 heteroatoms. The van der Waals surface area contributed by atoms with Crippen LogP contribution < -0.4 is 10.6 Å². The molecule has 2 amide bonds. The Bertz CT molecular complexity index is 2290. The Labute approximate surface area is 298 Å². The summed E-state index contributed by atoms with van der Waals surface area (Å²) in [6.07, 6.45) is 4.39. The zero-order valence-corrected chi connectivity index (χ0v) is 28.3. The van der Waals surface area contributed by atoms with Crippen molar-refractivity contribution in [2.24, 2.45) is 0 Å². The molecule has 13 nitrogen and oxygen atoms in total. The summed E-state index contributed by atoms with van der Waals surface area (Å²) < 4.78 is 25.3. The van der Waals surface area contributed by atoms with Gasteiger partial charge in [-0.25, -0.2) is 9.78 Å². The number of aromatic carboxylic acids is 1. The first kappa shape index (κ1) is 33.9. The van der Waals surface area contributed by atoms with E-state index in [0.717, 1.165) is 41.1 Å². The van der Waals surface area contributed by atoms with Crippen LogP contribution >= 0.6 is 23.2 Å². The summed E-state index contributed by atoms with van der Waals surface area (Å²) in [5.41, 5.74) is 2.13. The Morgan fingerprint density at radius 1 is 1.02 bits per heavy atom. The monoisotopic (exact) mass is 731 g/mol. The van der Waals surface area contributed by atoms with E-state index in [1.54, 1.807) is 19.1 Å². The van der Waals surface area contributed by atoms with Gasteiger partial charge in [0.05, 0.1) is 10.5 Å². The van der Waals surface area contributed by atoms with Gasteiger partial charge in [-0.3, -0.25) is 9.59 Å². The summed E-state index contributed by atoms with van der Waals surface area (Å²) in [5, 5.41) is 23.3. The fourth-order valence-corrected chi connectivity index (χ4v) is 6.01. The smallest absolute Gasteiger partial charge is 0.358 e. The first-order chi connectivity index (χ1) is 24.5. The molecule has 2 fully saturated rings. The maximum atomic E-state index is 13.4. The number of carboxylic acid groups (broad SMARTS) is 1. The van der Waals surface area contributed by atoms with E-state index in [1.165, 1.54) is 18.3 Å². The maximum absolute atomic E-state index is 13.4. The number of aromatic nitrogens is 5. The van der Waals surface area contributed by atoms with Crippen LogP contribution in [0, 0.1) is 12.9 Å². The normalized spacial score (nSPS) is 14.4. The van der Waals surface area contributed by atoms with Crippen molar-refractivity contribution in [1.82, 2.24) is 35.5 Å². The van der Waals surface area contributed by atoms with Gasteiger partial charge in [-0.1, -0.05) is 45.6 Å². The number of carbonyl (C=O) groups is 3. The van der Waals surface area contributed by atoms with Gasteiger partial charge in [0, 0.05) is 59.4 Å². The van der Waals surface area contributed by atoms with Gasteiger partial charge in [-0.15, -0.1) is 0 Å². The van der Waals surface area contributed by atoms with Crippen molar-refractivity contribution in [3.05, 3.63) is 111 Å². The molecule has 2 aromatic carbocycles. The van der Waals surface area contributed by atoms with Gasteiger partial charge in [-0.05, 0) is 67.6 Å². The number of carboxylic acids is 1. The minimum atomic E-state index is -1.03. The Kier molecular flexibility index (Phi) is 9.04. The summed E-state index contributed by atoms with van der Waals surface area (Å²) in [4.78, 5) is 43.6. The van der Waals surface area contributed by atoms with Crippen molar-refractivity contribution >= 4 is 51.9 Å². The van der Waals surface area contributed by atoms with Crippen LogP contribution in [0.4, 0.5) is 4.39 Å². The molecule has 51 heavy (non-hydrogen) atoms. The number of halogens is 3. The molecule has 3 N–H and O–H groups in total. The quantitative estimate of drug-likeness (QED) is 0.136. The van der Waals surface area contributed by atoms with Crippen LogP contribution in [0.3, 0.4) is 0 Å². The van der Waals surface area contributed by atoms with Crippen molar-refractivity contribution in [1.29, 1.82) is 0 Å². The molecule has 0 saturated heterocycles. The van der Waals surface area contributed by atoms with Gasteiger partial charge in [0.1, 0.15) is 17.0 Å². The maximum Gasteiger partial charge on any atom is 0.358 e. The second-order valence-corrected chi connectivity index (χ2v) is 13.1. The topological polar surface area (TPSA) is 178 Å². The Morgan fingerprint density at radius 3 is 2.41 bits per heavy atom. The first-order valence-corrected chi connectivity index (χ1v) is 16.6. The van der Waals surface area contributed by atoms with E-state index in [0.29, 0.717) is 52.0 Å². The number of benzene rings is 2. The number of hydrogen-bond acceptors (Lipinski definition) is 9. The zero-order valence-electron chi connectivity index (χ0n) is 26.8. The Balaban J connectivity index is 0.000000313. The third kappa shape index (κ3) is 7.19. The minimum Gasteiger partial charge on any atom is -0.476 e. The highest BCUT2D eigenvalue weighted by atomic mass is 35.5. The summed E-state index contributed by atoms with van der Waals surface area (Å²) in [6, 6.07) is 16.9. The predicted octanol–water partition coefficient (Wildman–Crippen LogP) is 6.66. The van der Waals surface area contributed by atoms with Gasteiger partial charge in [-0.2, -0.15) is 9.37 Å². The van der Waals surface area contributed by atoms with Gasteiger partial charge in [0.25, 0.3) is 5.91 Å². The lowest BCUT2D eigenvalue weighted by Crippen LogP contribution is -2.48. The molecule has 8 rings (SSSR count). The molecular weight excluding hydrogens is 704 g/mol. The molecule has 2 saturated carbocycles. The van der Waals surface area contributed by atoms with Gasteiger partial charge in [0.2, 0.25) is 23.6 Å². The van der Waals surface area contributed by atoms with Crippen LogP contribution in [0.5, 0.6) is 0 Å². The molecule has 2 aliphatic rings. The van der Waals surface area contributed by atoms with Crippen LogP contribution in [0.15, 0.2) is 75.9 Å². The third-order valence-electron chi connectivity index (χ3n) is 8.51. The van der Waals surface area contributed by atoms with E-state index >= 15 is 0 Å². The molecule has 0 unspecified atom stereocenters. The third-order valence-corrected chi connectivity index (χ3v) is 9.13. The molecule has 0 spiro atoms. The van der Waals surface area contributed by atoms with Crippen LogP contribution in [-0.2, 0) is 11.3 Å². The number of nitrogens with zero attached hydrogens (tertiary/aromatic N) is 5. The molecular formula is C35H28Cl2FN7O6. The summed E-state index contributed by atoms with van der Waals surface area (Å²) in [6.45, 7) is 1.95.